The molecule has 0 radical (unpaired) electrons. The second-order valence-electron chi connectivity index (χ2n) is 8.90. The summed E-state index contributed by atoms with van der Waals surface area (Å²) in [4.78, 5) is 13.3. The molecule has 1 N–H and O–H groups in total. The van der Waals surface area contributed by atoms with Crippen molar-refractivity contribution in [2.75, 3.05) is 0 Å². The predicted octanol–water partition coefficient (Wildman–Crippen LogP) is 7.66. The number of halogens is 5. The average molecular weight is 586 g/mol. The highest BCUT2D eigenvalue weighted by molar-refractivity contribution is 7.52. The summed E-state index contributed by atoms with van der Waals surface area (Å²) in [6.45, 7) is 3.83. The Morgan fingerprint density at radius 1 is 0.775 bits per heavy atom. The molecule has 0 heterocycles. The lowest BCUT2D eigenvalue weighted by atomic mass is 10.1. The summed E-state index contributed by atoms with van der Waals surface area (Å²) in [6.07, 6.45) is 1.94. The van der Waals surface area contributed by atoms with Crippen molar-refractivity contribution in [1.82, 2.24) is 5.09 Å². The van der Waals surface area contributed by atoms with Crippen LogP contribution in [0.25, 0.3) is 0 Å². The van der Waals surface area contributed by atoms with Crippen LogP contribution in [0.1, 0.15) is 45.1 Å². The van der Waals surface area contributed by atoms with E-state index in [1.165, 1.54) is 24.3 Å². The van der Waals surface area contributed by atoms with E-state index >= 15 is 0 Å². The Kier molecular flexibility index (Phi) is 11.1. The van der Waals surface area contributed by atoms with Gasteiger partial charge in [-0.15, -0.1) is 0 Å². The van der Waals surface area contributed by atoms with Gasteiger partial charge in [0, 0.05) is 0 Å². The second-order valence-corrected chi connectivity index (χ2v) is 10.5. The van der Waals surface area contributed by atoms with Crippen molar-refractivity contribution in [1.29, 1.82) is 0 Å². The fourth-order valence-electron chi connectivity index (χ4n) is 3.85. The van der Waals surface area contributed by atoms with Gasteiger partial charge in [-0.2, -0.15) is 13.9 Å². The van der Waals surface area contributed by atoms with Crippen molar-refractivity contribution < 1.29 is 45.1 Å². The van der Waals surface area contributed by atoms with Gasteiger partial charge in [0.2, 0.25) is 34.8 Å². The maximum absolute atomic E-state index is 14.5. The van der Waals surface area contributed by atoms with E-state index in [9.17, 15) is 31.3 Å². The minimum atomic E-state index is -5.08. The van der Waals surface area contributed by atoms with Crippen LogP contribution in [0.5, 0.6) is 11.5 Å². The first kappa shape index (κ1) is 31.1. The summed E-state index contributed by atoms with van der Waals surface area (Å²) < 4.78 is 100. The Morgan fingerprint density at radius 3 is 1.80 bits per heavy atom. The molecule has 40 heavy (non-hydrogen) atoms. The molecule has 0 bridgehead atoms. The third-order valence-corrected chi connectivity index (χ3v) is 7.24. The number of nitrogens with one attached hydrogen (secondary N) is 1. The molecule has 0 amide bonds. The maximum atomic E-state index is 14.5. The van der Waals surface area contributed by atoms with Gasteiger partial charge in [-0.3, -0.25) is 4.79 Å². The molecule has 3 aromatic rings. The average Bonchev–Trinajstić information content (AvgIpc) is 2.94. The zero-order chi connectivity index (χ0) is 29.3. The maximum Gasteiger partial charge on any atom is 0.513 e. The Bertz CT molecular complexity index is 1290. The highest BCUT2D eigenvalue weighted by Crippen LogP contribution is 2.48. The van der Waals surface area contributed by atoms with Gasteiger partial charge >= 0.3 is 13.7 Å². The molecule has 0 aromatic heterocycles. The molecule has 0 saturated heterocycles. The van der Waals surface area contributed by atoms with E-state index in [1.54, 1.807) is 36.4 Å². The lowest BCUT2D eigenvalue weighted by Crippen LogP contribution is -2.41. The molecule has 3 aromatic carbocycles. The second kappa shape index (κ2) is 14.3. The highest BCUT2D eigenvalue weighted by atomic mass is 31.2. The third kappa shape index (κ3) is 8.05. The lowest BCUT2D eigenvalue weighted by Gasteiger charge is -2.27. The first-order valence-corrected chi connectivity index (χ1v) is 14.2. The van der Waals surface area contributed by atoms with E-state index in [2.05, 4.69) is 5.09 Å². The van der Waals surface area contributed by atoms with Crippen LogP contribution >= 0.6 is 7.75 Å². The molecule has 0 aliphatic heterocycles. The number of hydrogen-bond donors (Lipinski definition) is 1. The molecule has 6 nitrogen and oxygen atoms in total. The van der Waals surface area contributed by atoms with Gasteiger partial charge in [0.15, 0.2) is 0 Å². The standard InChI is InChI=1S/C28H29F5NO5P/c1-3-11-19(12-4-2)37-28(35)21(17-18-13-7-5-8-14-18)34-40(36,38-20-15-9-6-10-16-20)39-27-25(32)23(30)22(29)24(31)26(27)33/h5-10,13-16,19,21H,3-4,11-12,17H2,1-2H3,(H,34,36)/t21-,40?/m0/s1. The van der Waals surface area contributed by atoms with E-state index in [0.717, 1.165) is 0 Å². The van der Waals surface area contributed by atoms with Crippen LogP contribution in [-0.2, 0) is 20.5 Å². The fourth-order valence-corrected chi connectivity index (χ4v) is 5.37. The summed E-state index contributed by atoms with van der Waals surface area (Å²) in [5.74, 6) is -14.6. The van der Waals surface area contributed by atoms with Crippen molar-refractivity contribution in [2.45, 2.75) is 58.1 Å². The summed E-state index contributed by atoms with van der Waals surface area (Å²) in [6, 6.07) is 14.2. The molecule has 0 saturated carbocycles. The fraction of sp³-hybridized carbons (Fsp3) is 0.321. The number of ether oxygens (including phenoxy) is 1. The minimum absolute atomic E-state index is 0.132. The number of hydrogen-bond acceptors (Lipinski definition) is 5. The van der Waals surface area contributed by atoms with Gasteiger partial charge in [-0.05, 0) is 37.0 Å². The van der Waals surface area contributed by atoms with Crippen LogP contribution in [0.3, 0.4) is 0 Å². The van der Waals surface area contributed by atoms with Crippen LogP contribution < -0.4 is 14.1 Å². The van der Waals surface area contributed by atoms with E-state index in [1.807, 2.05) is 13.8 Å². The zero-order valence-corrected chi connectivity index (χ0v) is 22.7. The Balaban J connectivity index is 2.04. The monoisotopic (exact) mass is 585 g/mol. The van der Waals surface area contributed by atoms with Crippen molar-refractivity contribution in [3.05, 3.63) is 95.3 Å². The molecule has 12 heteroatoms. The van der Waals surface area contributed by atoms with Crippen molar-refractivity contribution in [3.63, 3.8) is 0 Å². The topological polar surface area (TPSA) is 73.9 Å². The number of para-hydroxylation sites is 1. The molecule has 0 aliphatic rings. The Labute approximate surface area is 229 Å². The molecular weight excluding hydrogens is 556 g/mol. The quantitative estimate of drug-likeness (QED) is 0.0689. The Morgan fingerprint density at radius 2 is 1.27 bits per heavy atom. The number of benzene rings is 3. The van der Waals surface area contributed by atoms with E-state index in [4.69, 9.17) is 13.8 Å². The molecule has 3 rings (SSSR count). The molecule has 0 spiro atoms. The van der Waals surface area contributed by atoms with Crippen molar-refractivity contribution >= 4 is 13.7 Å². The minimum Gasteiger partial charge on any atom is -0.461 e. The summed E-state index contributed by atoms with van der Waals surface area (Å²) in [5.41, 5.74) is 0.585. The van der Waals surface area contributed by atoms with Gasteiger partial charge in [0.1, 0.15) is 17.9 Å². The van der Waals surface area contributed by atoms with Crippen LogP contribution in [0.15, 0.2) is 60.7 Å². The van der Waals surface area contributed by atoms with Gasteiger partial charge in [-0.25, -0.2) is 17.7 Å². The van der Waals surface area contributed by atoms with Gasteiger partial charge in [0.25, 0.3) is 0 Å². The van der Waals surface area contributed by atoms with Crippen LogP contribution in [0.4, 0.5) is 22.0 Å². The van der Waals surface area contributed by atoms with Crippen LogP contribution in [0, 0.1) is 29.1 Å². The van der Waals surface area contributed by atoms with Gasteiger partial charge < -0.3 is 13.8 Å². The van der Waals surface area contributed by atoms with Crippen molar-refractivity contribution in [2.24, 2.45) is 0 Å². The smallest absolute Gasteiger partial charge is 0.461 e. The normalized spacial score (nSPS) is 13.5. The number of carbonyl (C=O) groups excluding carboxylic acids is 1. The van der Waals surface area contributed by atoms with E-state index in [0.29, 0.717) is 31.2 Å². The highest BCUT2D eigenvalue weighted by Gasteiger charge is 2.40. The first-order chi connectivity index (χ1) is 19.1. The van der Waals surface area contributed by atoms with Gasteiger partial charge in [-0.1, -0.05) is 75.2 Å². The number of carbonyl (C=O) groups is 1. The zero-order valence-electron chi connectivity index (χ0n) is 21.8. The SMILES string of the molecule is CCCC(CCC)OC(=O)[C@H](Cc1ccccc1)NP(=O)(Oc1ccccc1)Oc1c(F)c(F)c(F)c(F)c1F. The Hall–Kier alpha value is -3.43. The summed E-state index contributed by atoms with van der Waals surface area (Å²) in [5, 5.41) is 2.34. The van der Waals surface area contributed by atoms with Crippen LogP contribution in [0.2, 0.25) is 0 Å². The largest absolute Gasteiger partial charge is 0.513 e. The molecule has 2 atom stereocenters. The summed E-state index contributed by atoms with van der Waals surface area (Å²) in [7, 11) is -5.08. The molecule has 0 aliphatic carbocycles. The third-order valence-electron chi connectivity index (χ3n) is 5.74. The van der Waals surface area contributed by atoms with E-state index < -0.39 is 60.7 Å². The summed E-state index contributed by atoms with van der Waals surface area (Å²) >= 11 is 0. The lowest BCUT2D eigenvalue weighted by molar-refractivity contribution is -0.152. The number of esters is 1. The predicted molar refractivity (Wildman–Crippen MR) is 138 cm³/mol. The molecule has 0 fully saturated rings. The van der Waals surface area contributed by atoms with Crippen LogP contribution in [-0.4, -0.2) is 18.1 Å². The van der Waals surface area contributed by atoms with E-state index in [-0.39, 0.29) is 12.2 Å². The number of rotatable bonds is 14. The molecular formula is C28H29F5NO5P. The molecule has 1 unspecified atom stereocenters. The van der Waals surface area contributed by atoms with Crippen molar-refractivity contribution in [3.8, 4) is 11.5 Å². The molecule has 216 valence electrons. The van der Waals surface area contributed by atoms with Gasteiger partial charge in [0.05, 0.1) is 0 Å². The first-order valence-electron chi connectivity index (χ1n) is 12.7.